The van der Waals surface area contributed by atoms with Crippen LogP contribution < -0.4 is 5.32 Å². The molecule has 23 heavy (non-hydrogen) atoms. The first-order valence-electron chi connectivity index (χ1n) is 7.57. The maximum absolute atomic E-state index is 12.3. The van der Waals surface area contributed by atoms with E-state index in [1.54, 1.807) is 23.1 Å². The van der Waals surface area contributed by atoms with Gasteiger partial charge >= 0.3 is 0 Å². The lowest BCUT2D eigenvalue weighted by Gasteiger charge is -2.05. The van der Waals surface area contributed by atoms with E-state index in [9.17, 15) is 4.79 Å². The molecular formula is C17H19N5O. The average molecular weight is 309 g/mol. The number of rotatable bonds is 5. The number of hydrogen-bond donors (Lipinski definition) is 1. The van der Waals surface area contributed by atoms with E-state index in [1.807, 2.05) is 23.9 Å². The van der Waals surface area contributed by atoms with Gasteiger partial charge in [0.25, 0.3) is 5.91 Å². The number of carbonyl (C=O) groups is 1. The van der Waals surface area contributed by atoms with Crippen molar-refractivity contribution >= 4 is 11.6 Å². The van der Waals surface area contributed by atoms with Gasteiger partial charge in [-0.05, 0) is 25.5 Å². The second kappa shape index (κ2) is 6.48. The van der Waals surface area contributed by atoms with Crippen LogP contribution in [0, 0.1) is 6.92 Å². The Hall–Kier alpha value is -2.89. The maximum atomic E-state index is 12.3. The van der Waals surface area contributed by atoms with Gasteiger partial charge in [-0.1, -0.05) is 29.8 Å². The monoisotopic (exact) mass is 309 g/mol. The molecule has 0 saturated carbocycles. The second-order valence-corrected chi connectivity index (χ2v) is 5.40. The number of aromatic nitrogens is 4. The van der Waals surface area contributed by atoms with E-state index in [0.29, 0.717) is 24.5 Å². The van der Waals surface area contributed by atoms with Gasteiger partial charge in [0.1, 0.15) is 5.69 Å². The molecule has 0 aliphatic carbocycles. The summed E-state index contributed by atoms with van der Waals surface area (Å²) in [5, 5.41) is 11.3. The molecule has 0 atom stereocenters. The highest BCUT2D eigenvalue weighted by Crippen LogP contribution is 2.11. The van der Waals surface area contributed by atoms with Crippen LogP contribution in [0.25, 0.3) is 0 Å². The summed E-state index contributed by atoms with van der Waals surface area (Å²) in [6.07, 6.45) is 5.10. The summed E-state index contributed by atoms with van der Waals surface area (Å²) in [4.78, 5) is 12.3. The van der Waals surface area contributed by atoms with Gasteiger partial charge in [-0.15, -0.1) is 0 Å². The Morgan fingerprint density at radius 1 is 1.26 bits per heavy atom. The van der Waals surface area contributed by atoms with Crippen LogP contribution in [-0.4, -0.2) is 25.5 Å². The number of carbonyl (C=O) groups excluding carboxylic acids is 1. The van der Waals surface area contributed by atoms with Crippen LogP contribution in [0.5, 0.6) is 0 Å². The zero-order chi connectivity index (χ0) is 16.2. The molecule has 3 rings (SSSR count). The summed E-state index contributed by atoms with van der Waals surface area (Å²) < 4.78 is 3.47. The van der Waals surface area contributed by atoms with E-state index < -0.39 is 0 Å². The third-order valence-electron chi connectivity index (χ3n) is 3.57. The number of nitrogens with zero attached hydrogens (tertiary/aromatic N) is 4. The summed E-state index contributed by atoms with van der Waals surface area (Å²) in [6.45, 7) is 5.34. The van der Waals surface area contributed by atoms with Gasteiger partial charge in [-0.2, -0.15) is 10.2 Å². The first-order valence-corrected chi connectivity index (χ1v) is 7.57. The molecule has 0 aliphatic rings. The van der Waals surface area contributed by atoms with Crippen molar-refractivity contribution in [2.75, 3.05) is 5.32 Å². The topological polar surface area (TPSA) is 64.7 Å². The Labute approximate surface area is 134 Å². The highest BCUT2D eigenvalue weighted by molar-refractivity contribution is 6.02. The molecule has 6 heteroatoms. The molecule has 1 aromatic carbocycles. The number of anilines is 1. The molecule has 0 unspecified atom stereocenters. The predicted molar refractivity (Wildman–Crippen MR) is 88.4 cm³/mol. The number of benzene rings is 1. The average Bonchev–Trinajstić information content (AvgIpc) is 3.16. The summed E-state index contributed by atoms with van der Waals surface area (Å²) >= 11 is 0. The Morgan fingerprint density at radius 3 is 2.91 bits per heavy atom. The Kier molecular flexibility index (Phi) is 4.23. The molecular weight excluding hydrogens is 290 g/mol. The molecule has 0 aliphatic heterocycles. The molecule has 118 valence electrons. The Morgan fingerprint density at radius 2 is 2.13 bits per heavy atom. The second-order valence-electron chi connectivity index (χ2n) is 5.40. The van der Waals surface area contributed by atoms with Crippen LogP contribution in [0.3, 0.4) is 0 Å². The van der Waals surface area contributed by atoms with Gasteiger partial charge < -0.3 is 5.32 Å². The number of aryl methyl sites for hydroxylation is 2. The number of amides is 1. The van der Waals surface area contributed by atoms with Gasteiger partial charge in [-0.3, -0.25) is 14.2 Å². The minimum atomic E-state index is -0.181. The molecule has 1 amide bonds. The van der Waals surface area contributed by atoms with Crippen molar-refractivity contribution in [2.45, 2.75) is 26.9 Å². The van der Waals surface area contributed by atoms with Gasteiger partial charge in [0.05, 0.1) is 18.4 Å². The summed E-state index contributed by atoms with van der Waals surface area (Å²) in [5.41, 5.74) is 3.61. The van der Waals surface area contributed by atoms with Crippen molar-refractivity contribution < 1.29 is 4.79 Å². The SMILES string of the molecule is CCn1nccc1C(=O)Nc1cnn(Cc2cccc(C)c2)c1. The number of nitrogens with one attached hydrogen (secondary N) is 1. The fourth-order valence-corrected chi connectivity index (χ4v) is 2.48. The third kappa shape index (κ3) is 3.48. The van der Waals surface area contributed by atoms with Crippen molar-refractivity contribution in [3.63, 3.8) is 0 Å². The van der Waals surface area contributed by atoms with Crippen molar-refractivity contribution in [3.8, 4) is 0 Å². The maximum Gasteiger partial charge on any atom is 0.274 e. The van der Waals surface area contributed by atoms with Crippen molar-refractivity contribution in [2.24, 2.45) is 0 Å². The minimum absolute atomic E-state index is 0.181. The minimum Gasteiger partial charge on any atom is -0.318 e. The van der Waals surface area contributed by atoms with Crippen LogP contribution in [0.4, 0.5) is 5.69 Å². The lowest BCUT2D eigenvalue weighted by atomic mass is 10.1. The van der Waals surface area contributed by atoms with Crippen LogP contribution in [0.2, 0.25) is 0 Å². The predicted octanol–water partition coefficient (Wildman–Crippen LogP) is 2.71. The van der Waals surface area contributed by atoms with Gasteiger partial charge in [-0.25, -0.2) is 0 Å². The molecule has 3 aromatic rings. The standard InChI is InChI=1S/C17H19N5O/c1-3-22-16(7-8-18-22)17(23)20-15-10-19-21(12-15)11-14-6-4-5-13(2)9-14/h4-10,12H,3,11H2,1-2H3,(H,20,23). The van der Waals surface area contributed by atoms with Crippen molar-refractivity contribution in [1.29, 1.82) is 0 Å². The van der Waals surface area contributed by atoms with Crippen molar-refractivity contribution in [3.05, 3.63) is 65.7 Å². The fraction of sp³-hybridized carbons (Fsp3) is 0.235. The summed E-state index contributed by atoms with van der Waals surface area (Å²) in [7, 11) is 0. The summed E-state index contributed by atoms with van der Waals surface area (Å²) in [5.74, 6) is -0.181. The molecule has 0 bridgehead atoms. The fourth-order valence-electron chi connectivity index (χ4n) is 2.48. The van der Waals surface area contributed by atoms with Gasteiger partial charge in [0.15, 0.2) is 0 Å². The zero-order valence-corrected chi connectivity index (χ0v) is 13.2. The van der Waals surface area contributed by atoms with Gasteiger partial charge in [0, 0.05) is 18.9 Å². The van der Waals surface area contributed by atoms with E-state index >= 15 is 0 Å². The highest BCUT2D eigenvalue weighted by atomic mass is 16.2. The molecule has 0 fully saturated rings. The normalized spacial score (nSPS) is 10.7. The smallest absolute Gasteiger partial charge is 0.274 e. The van der Waals surface area contributed by atoms with Crippen LogP contribution in [-0.2, 0) is 13.1 Å². The molecule has 1 N–H and O–H groups in total. The van der Waals surface area contributed by atoms with E-state index in [4.69, 9.17) is 0 Å². The first-order chi connectivity index (χ1) is 11.2. The van der Waals surface area contributed by atoms with Crippen LogP contribution in [0.15, 0.2) is 48.9 Å². The third-order valence-corrected chi connectivity index (χ3v) is 3.57. The van der Waals surface area contributed by atoms with Crippen LogP contribution in [0.1, 0.15) is 28.5 Å². The molecule has 0 radical (unpaired) electrons. The quantitative estimate of drug-likeness (QED) is 0.788. The van der Waals surface area contributed by atoms with Crippen molar-refractivity contribution in [1.82, 2.24) is 19.6 Å². The van der Waals surface area contributed by atoms with E-state index in [-0.39, 0.29) is 5.91 Å². The molecule has 2 aromatic heterocycles. The van der Waals surface area contributed by atoms with E-state index in [1.165, 1.54) is 11.1 Å². The highest BCUT2D eigenvalue weighted by Gasteiger charge is 2.12. The van der Waals surface area contributed by atoms with Crippen LogP contribution >= 0.6 is 0 Å². The summed E-state index contributed by atoms with van der Waals surface area (Å²) in [6, 6.07) is 9.99. The molecule has 0 saturated heterocycles. The van der Waals surface area contributed by atoms with Gasteiger partial charge in [0.2, 0.25) is 0 Å². The Bertz CT molecular complexity index is 818. The lowest BCUT2D eigenvalue weighted by Crippen LogP contribution is -2.17. The zero-order valence-electron chi connectivity index (χ0n) is 13.2. The Balaban J connectivity index is 1.69. The largest absolute Gasteiger partial charge is 0.318 e. The first kappa shape index (κ1) is 15.0. The van der Waals surface area contributed by atoms with E-state index in [2.05, 4.69) is 40.6 Å². The van der Waals surface area contributed by atoms with E-state index in [0.717, 1.165) is 0 Å². The molecule has 2 heterocycles. The number of hydrogen-bond acceptors (Lipinski definition) is 3. The molecule has 6 nitrogen and oxygen atoms in total. The lowest BCUT2D eigenvalue weighted by molar-refractivity contribution is 0.101. The molecule has 0 spiro atoms.